The van der Waals surface area contributed by atoms with E-state index in [0.717, 1.165) is 5.56 Å². The summed E-state index contributed by atoms with van der Waals surface area (Å²) in [5.41, 5.74) is 0.765. The van der Waals surface area contributed by atoms with Crippen LogP contribution in [0.2, 0.25) is 19.6 Å². The third kappa shape index (κ3) is 4.57. The van der Waals surface area contributed by atoms with Crippen LogP contribution in [0.5, 0.6) is 0 Å². The first-order valence-electron chi connectivity index (χ1n) is 6.24. The van der Waals surface area contributed by atoms with E-state index in [2.05, 4.69) is 4.18 Å². The van der Waals surface area contributed by atoms with Crippen molar-refractivity contribution in [3.63, 3.8) is 0 Å². The summed E-state index contributed by atoms with van der Waals surface area (Å²) in [7, 11) is -7.56. The summed E-state index contributed by atoms with van der Waals surface area (Å²) in [5, 5.41) is -1.14. The van der Waals surface area contributed by atoms with Crippen molar-refractivity contribution in [1.82, 2.24) is 0 Å². The van der Waals surface area contributed by atoms with Crippen molar-refractivity contribution in [2.75, 3.05) is 0 Å². The quantitative estimate of drug-likeness (QED) is 0.349. The Morgan fingerprint density at radius 2 is 1.55 bits per heavy atom. The molecule has 0 amide bonds. The van der Waals surface area contributed by atoms with Crippen LogP contribution in [0.4, 0.5) is 17.6 Å². The minimum Gasteiger partial charge on any atom is -0.386 e. The van der Waals surface area contributed by atoms with E-state index in [1.54, 1.807) is 6.92 Å². The highest BCUT2D eigenvalue weighted by Crippen LogP contribution is 2.35. The topological polar surface area (TPSA) is 43.4 Å². The van der Waals surface area contributed by atoms with Crippen LogP contribution in [-0.4, -0.2) is 22.7 Å². The van der Waals surface area contributed by atoms with Crippen molar-refractivity contribution in [2.45, 2.75) is 37.6 Å². The Bertz CT molecular complexity index is 671. The zero-order chi connectivity index (χ0) is 17.3. The van der Waals surface area contributed by atoms with Crippen LogP contribution in [0.15, 0.2) is 40.4 Å². The highest BCUT2D eigenvalue weighted by atomic mass is 32.2. The molecule has 22 heavy (non-hydrogen) atoms. The van der Waals surface area contributed by atoms with Gasteiger partial charge in [-0.15, -0.1) is 0 Å². The van der Waals surface area contributed by atoms with Gasteiger partial charge in [0.1, 0.15) is 18.4 Å². The molecular formula is C13H16F4O3SSi. The molecule has 3 nitrogen and oxygen atoms in total. The monoisotopic (exact) mass is 356 g/mol. The van der Waals surface area contributed by atoms with Gasteiger partial charge >= 0.3 is 16.3 Å². The van der Waals surface area contributed by atoms with Gasteiger partial charge in [0.15, 0.2) is 0 Å². The van der Waals surface area contributed by atoms with Crippen LogP contribution in [0.3, 0.4) is 0 Å². The first kappa shape index (κ1) is 18.7. The molecule has 1 rings (SSSR count). The molecule has 0 radical (unpaired) electrons. The lowest BCUT2D eigenvalue weighted by molar-refractivity contribution is -0.111. The van der Waals surface area contributed by atoms with E-state index >= 15 is 0 Å². The highest BCUT2D eigenvalue weighted by molar-refractivity contribution is 7.87. The minimum atomic E-state index is -5.29. The smallest absolute Gasteiger partial charge is 0.386 e. The van der Waals surface area contributed by atoms with Crippen LogP contribution in [0.25, 0.3) is 0 Å². The van der Waals surface area contributed by atoms with E-state index in [1.165, 1.54) is 43.9 Å². The van der Waals surface area contributed by atoms with Crippen molar-refractivity contribution in [3.05, 3.63) is 41.0 Å². The molecule has 9 heteroatoms. The van der Waals surface area contributed by atoms with Gasteiger partial charge in [-0.25, -0.2) is 0 Å². The second-order valence-electron chi connectivity index (χ2n) is 5.74. The number of alkyl halides is 3. The van der Waals surface area contributed by atoms with Gasteiger partial charge in [0.2, 0.25) is 5.83 Å². The molecule has 0 unspecified atom stereocenters. The molecule has 0 N–H and O–H groups in total. The lowest BCUT2D eigenvalue weighted by Crippen LogP contribution is -2.31. The number of rotatable bonds is 4. The van der Waals surface area contributed by atoms with Gasteiger partial charge in [-0.3, -0.25) is 0 Å². The molecule has 0 spiro atoms. The third-order valence-corrected chi connectivity index (χ3v) is 5.70. The molecule has 0 aromatic heterocycles. The average Bonchev–Trinajstić information content (AvgIpc) is 2.33. The lowest BCUT2D eigenvalue weighted by atomic mass is 10.2. The van der Waals surface area contributed by atoms with Gasteiger partial charge in [0.25, 0.3) is 0 Å². The molecule has 0 heterocycles. The van der Waals surface area contributed by atoms with E-state index in [-0.39, 0.29) is 4.90 Å². The van der Waals surface area contributed by atoms with Gasteiger partial charge in [0, 0.05) is 0 Å². The maximum absolute atomic E-state index is 13.6. The fourth-order valence-electron chi connectivity index (χ4n) is 1.48. The first-order valence-corrected chi connectivity index (χ1v) is 11.1. The minimum absolute atomic E-state index is 0.330. The Balaban J connectivity index is 3.35. The number of aryl methyl sites for hydroxylation is 1. The summed E-state index contributed by atoms with van der Waals surface area (Å²) in [6.45, 7) is 5.79. The summed E-state index contributed by atoms with van der Waals surface area (Å²) >= 11 is 0. The summed E-state index contributed by atoms with van der Waals surface area (Å²) in [6, 6.07) is 5.32. The zero-order valence-electron chi connectivity index (χ0n) is 12.5. The number of hydrogen-bond donors (Lipinski definition) is 0. The largest absolute Gasteiger partial charge is 0.445 e. The number of allylic oxidation sites excluding steroid dienone is 1. The predicted molar refractivity (Wildman–Crippen MR) is 77.0 cm³/mol. The average molecular weight is 356 g/mol. The number of benzene rings is 1. The van der Waals surface area contributed by atoms with E-state index in [4.69, 9.17) is 0 Å². The Kier molecular flexibility index (Phi) is 5.13. The molecule has 0 fully saturated rings. The van der Waals surface area contributed by atoms with E-state index in [1.807, 2.05) is 0 Å². The van der Waals surface area contributed by atoms with Crippen molar-refractivity contribution in [1.29, 1.82) is 0 Å². The standard InChI is InChI=1S/C13H16F4O3SSi/c1-9-5-7-10(8-6-9)21(18,19)20-12(22(2,3)4)11(14)13(15,16)17/h5-8H,1-4H3/b12-11-. The number of hydrogen-bond acceptors (Lipinski definition) is 3. The normalized spacial score (nSPS) is 14.5. The summed E-state index contributed by atoms with van der Waals surface area (Å²) in [6.07, 6.45) is -5.29. The van der Waals surface area contributed by atoms with E-state index in [9.17, 15) is 26.0 Å². The van der Waals surface area contributed by atoms with Crippen LogP contribution in [0.1, 0.15) is 5.56 Å². The van der Waals surface area contributed by atoms with Gasteiger partial charge in [0.05, 0.1) is 0 Å². The Labute approximate surface area is 127 Å². The summed E-state index contributed by atoms with van der Waals surface area (Å²) in [4.78, 5) is -0.330. The maximum atomic E-state index is 13.6. The van der Waals surface area contributed by atoms with Gasteiger partial charge in [-0.2, -0.15) is 26.0 Å². The van der Waals surface area contributed by atoms with Crippen molar-refractivity contribution in [2.24, 2.45) is 0 Å². The second-order valence-corrected chi connectivity index (χ2v) is 12.2. The van der Waals surface area contributed by atoms with Crippen molar-refractivity contribution in [3.8, 4) is 0 Å². The second kappa shape index (κ2) is 6.03. The number of halogens is 4. The molecule has 0 aliphatic rings. The molecule has 1 aromatic carbocycles. The molecule has 124 valence electrons. The Morgan fingerprint density at radius 1 is 1.09 bits per heavy atom. The summed E-state index contributed by atoms with van der Waals surface area (Å²) < 4.78 is 80.0. The van der Waals surface area contributed by atoms with Gasteiger partial charge in [-0.05, 0) is 19.1 Å². The summed E-state index contributed by atoms with van der Waals surface area (Å²) in [5.74, 6) is -2.50. The lowest BCUT2D eigenvalue weighted by Gasteiger charge is -2.22. The third-order valence-electron chi connectivity index (χ3n) is 2.63. The maximum Gasteiger partial charge on any atom is 0.445 e. The van der Waals surface area contributed by atoms with Crippen molar-refractivity contribution >= 4 is 18.2 Å². The van der Waals surface area contributed by atoms with Gasteiger partial charge < -0.3 is 4.18 Å². The molecule has 0 atom stereocenters. The first-order chi connectivity index (χ1) is 9.75. The zero-order valence-corrected chi connectivity index (χ0v) is 14.3. The van der Waals surface area contributed by atoms with Crippen molar-refractivity contribution < 1.29 is 30.2 Å². The SMILES string of the molecule is Cc1ccc(S(=O)(=O)O/C(=C(/F)C(F)(F)F)[Si](C)(C)C)cc1. The Hall–Kier alpha value is -1.35. The van der Waals surface area contributed by atoms with E-state index < -0.39 is 35.6 Å². The fraction of sp³-hybridized carbons (Fsp3) is 0.385. The molecule has 0 saturated carbocycles. The fourth-order valence-corrected chi connectivity index (χ4v) is 4.47. The van der Waals surface area contributed by atoms with Crippen LogP contribution in [0, 0.1) is 6.92 Å². The molecule has 0 aliphatic heterocycles. The van der Waals surface area contributed by atoms with Crippen LogP contribution in [-0.2, 0) is 14.3 Å². The van der Waals surface area contributed by atoms with E-state index in [0.29, 0.717) is 0 Å². The Morgan fingerprint density at radius 3 is 1.91 bits per heavy atom. The van der Waals surface area contributed by atoms with Gasteiger partial charge in [-0.1, -0.05) is 37.3 Å². The molecule has 0 bridgehead atoms. The predicted octanol–water partition coefficient (Wildman–Crippen LogP) is 4.32. The molecule has 1 aromatic rings. The van der Waals surface area contributed by atoms with Crippen LogP contribution >= 0.6 is 0 Å². The molecular weight excluding hydrogens is 340 g/mol. The molecule has 0 aliphatic carbocycles. The van der Waals surface area contributed by atoms with Crippen LogP contribution < -0.4 is 0 Å². The molecule has 0 saturated heterocycles. The highest BCUT2D eigenvalue weighted by Gasteiger charge is 2.43.